The van der Waals surface area contributed by atoms with Crippen LogP contribution in [0.2, 0.25) is 0 Å². The zero-order valence-electron chi connectivity index (χ0n) is 23.1. The predicted molar refractivity (Wildman–Crippen MR) is 174 cm³/mol. The first-order valence-corrected chi connectivity index (χ1v) is 14.2. The molecule has 4 heteroatoms. The summed E-state index contributed by atoms with van der Waals surface area (Å²) in [6, 6.07) is 47.8. The molecule has 0 bridgehead atoms. The van der Waals surface area contributed by atoms with Gasteiger partial charge in [0, 0.05) is 38.4 Å². The van der Waals surface area contributed by atoms with Gasteiger partial charge in [0.2, 0.25) is 0 Å². The van der Waals surface area contributed by atoms with Crippen LogP contribution in [0.4, 0.5) is 4.39 Å². The second kappa shape index (κ2) is 10.3. The van der Waals surface area contributed by atoms with Gasteiger partial charge in [0.1, 0.15) is 5.82 Å². The molecule has 0 aliphatic carbocycles. The average molecular weight is 554 g/mol. The summed E-state index contributed by atoms with van der Waals surface area (Å²) in [5, 5.41) is 5.28. The van der Waals surface area contributed by atoms with Crippen molar-refractivity contribution in [3.05, 3.63) is 151 Å². The van der Waals surface area contributed by atoms with Gasteiger partial charge in [0.25, 0.3) is 0 Å². The first-order valence-electron chi connectivity index (χ1n) is 14.2. The fourth-order valence-electron chi connectivity index (χ4n) is 5.91. The predicted octanol–water partition coefficient (Wildman–Crippen LogP) is 10.1. The van der Waals surface area contributed by atoms with Gasteiger partial charge >= 0.3 is 0 Å². The van der Waals surface area contributed by atoms with Crippen molar-refractivity contribution in [1.29, 1.82) is 0 Å². The minimum absolute atomic E-state index is 0.278. The Morgan fingerprint density at radius 1 is 0.419 bits per heavy atom. The quantitative estimate of drug-likeness (QED) is 0.204. The van der Waals surface area contributed by atoms with Crippen LogP contribution in [0, 0.1) is 5.82 Å². The smallest absolute Gasteiger partial charge is 0.161 e. The van der Waals surface area contributed by atoms with Crippen molar-refractivity contribution in [2.24, 2.45) is 0 Å². The van der Waals surface area contributed by atoms with Gasteiger partial charge in [-0.15, -0.1) is 0 Å². The van der Waals surface area contributed by atoms with Crippen molar-refractivity contribution in [2.75, 3.05) is 0 Å². The molecular weight excluding hydrogens is 529 g/mol. The van der Waals surface area contributed by atoms with E-state index in [9.17, 15) is 4.39 Å². The van der Waals surface area contributed by atoms with Crippen molar-refractivity contribution < 1.29 is 4.39 Å². The zero-order valence-corrected chi connectivity index (χ0v) is 23.1. The summed E-state index contributed by atoms with van der Waals surface area (Å²) in [4.78, 5) is 15.4. The topological polar surface area (TPSA) is 38.7 Å². The number of aromatic nitrogens is 3. The summed E-state index contributed by atoms with van der Waals surface area (Å²) in [5.74, 6) is 0.357. The lowest BCUT2D eigenvalue weighted by Crippen LogP contribution is -1.98. The van der Waals surface area contributed by atoms with Crippen LogP contribution in [0.3, 0.4) is 0 Å². The van der Waals surface area contributed by atoms with Crippen LogP contribution in [0.25, 0.3) is 77.6 Å². The minimum Gasteiger partial charge on any atom is -0.247 e. The van der Waals surface area contributed by atoms with Crippen LogP contribution in [0.5, 0.6) is 0 Å². The second-order valence-electron chi connectivity index (χ2n) is 10.6. The maximum atomic E-state index is 14.0. The lowest BCUT2D eigenvalue weighted by Gasteiger charge is -2.16. The number of para-hydroxylation sites is 1. The van der Waals surface area contributed by atoms with E-state index in [2.05, 4.69) is 66.7 Å². The summed E-state index contributed by atoms with van der Waals surface area (Å²) in [5.41, 5.74) is 7.19. The van der Waals surface area contributed by atoms with Crippen molar-refractivity contribution in [3.63, 3.8) is 0 Å². The minimum atomic E-state index is -0.278. The number of hydrogen-bond acceptors (Lipinski definition) is 3. The number of halogens is 1. The molecule has 3 nitrogen and oxygen atoms in total. The third-order valence-corrected chi connectivity index (χ3v) is 7.93. The molecule has 0 radical (unpaired) electrons. The van der Waals surface area contributed by atoms with Gasteiger partial charge in [0.05, 0.1) is 22.6 Å². The molecule has 0 unspecified atom stereocenters. The Kier molecular flexibility index (Phi) is 5.97. The molecule has 2 aromatic heterocycles. The van der Waals surface area contributed by atoms with E-state index in [0.717, 1.165) is 71.8 Å². The number of fused-ring (bicyclic) bond motifs is 5. The third kappa shape index (κ3) is 4.41. The maximum absolute atomic E-state index is 14.0. The Morgan fingerprint density at radius 2 is 0.977 bits per heavy atom. The van der Waals surface area contributed by atoms with Gasteiger partial charge in [-0.25, -0.2) is 19.3 Å². The van der Waals surface area contributed by atoms with Crippen LogP contribution in [0.1, 0.15) is 0 Å². The van der Waals surface area contributed by atoms with Crippen LogP contribution in [0.15, 0.2) is 146 Å². The van der Waals surface area contributed by atoms with Crippen LogP contribution in [-0.2, 0) is 0 Å². The molecule has 0 atom stereocenters. The highest BCUT2D eigenvalue weighted by molar-refractivity contribution is 6.25. The Bertz CT molecular complexity index is 2220. The van der Waals surface area contributed by atoms with E-state index in [1.165, 1.54) is 12.1 Å². The van der Waals surface area contributed by atoms with Crippen molar-refractivity contribution in [2.45, 2.75) is 0 Å². The molecule has 0 aliphatic heterocycles. The second-order valence-corrected chi connectivity index (χ2v) is 10.6. The van der Waals surface area contributed by atoms with Crippen LogP contribution in [-0.4, -0.2) is 15.0 Å². The van der Waals surface area contributed by atoms with E-state index in [1.54, 1.807) is 12.1 Å². The van der Waals surface area contributed by atoms with Crippen molar-refractivity contribution in [1.82, 2.24) is 15.0 Å². The van der Waals surface area contributed by atoms with Gasteiger partial charge in [0.15, 0.2) is 5.82 Å². The van der Waals surface area contributed by atoms with E-state index in [-0.39, 0.29) is 5.82 Å². The first kappa shape index (κ1) is 25.0. The highest BCUT2D eigenvalue weighted by Gasteiger charge is 2.19. The molecule has 202 valence electrons. The number of pyridine rings is 1. The normalized spacial score (nSPS) is 11.4. The third-order valence-electron chi connectivity index (χ3n) is 7.93. The highest BCUT2D eigenvalue weighted by atomic mass is 19.1. The van der Waals surface area contributed by atoms with Crippen LogP contribution < -0.4 is 0 Å². The molecule has 2 heterocycles. The van der Waals surface area contributed by atoms with Crippen LogP contribution >= 0.6 is 0 Å². The van der Waals surface area contributed by atoms with Gasteiger partial charge in [-0.1, -0.05) is 103 Å². The summed E-state index contributed by atoms with van der Waals surface area (Å²) < 4.78 is 14.0. The van der Waals surface area contributed by atoms with Gasteiger partial charge in [-0.05, 0) is 53.2 Å². The summed E-state index contributed by atoms with van der Waals surface area (Å²) in [6.07, 6.45) is 0. The molecule has 8 aromatic rings. The molecule has 0 amide bonds. The van der Waals surface area contributed by atoms with Gasteiger partial charge in [-0.3, -0.25) is 0 Å². The molecule has 0 fully saturated rings. The Balaban J connectivity index is 1.50. The molecule has 6 aromatic carbocycles. The molecular formula is C39H24FN3. The van der Waals surface area contributed by atoms with E-state index >= 15 is 0 Å². The molecule has 0 saturated carbocycles. The van der Waals surface area contributed by atoms with Gasteiger partial charge in [-0.2, -0.15) is 0 Å². The molecule has 0 N–H and O–H groups in total. The number of nitrogens with zero attached hydrogens (tertiary/aromatic N) is 3. The van der Waals surface area contributed by atoms with E-state index in [1.807, 2.05) is 54.6 Å². The van der Waals surface area contributed by atoms with E-state index in [4.69, 9.17) is 15.0 Å². The number of benzene rings is 6. The molecule has 0 saturated heterocycles. The fourth-order valence-corrected chi connectivity index (χ4v) is 5.91. The standard InChI is InChI=1S/C39H24FN3/c40-28-21-19-27(20-22-28)38-33-23-32(29-15-7-8-16-30(29)37(33)31-17-9-10-18-34(31)41-38)39-42-35(25-11-3-1-4-12-25)24-36(43-39)26-13-5-2-6-14-26/h1-24H. The first-order chi connectivity index (χ1) is 21.2. The van der Waals surface area contributed by atoms with Crippen molar-refractivity contribution in [3.8, 4) is 45.2 Å². The average Bonchev–Trinajstić information content (AvgIpc) is 3.08. The summed E-state index contributed by atoms with van der Waals surface area (Å²) in [6.45, 7) is 0. The molecule has 0 aliphatic rings. The number of hydrogen-bond donors (Lipinski definition) is 0. The molecule has 43 heavy (non-hydrogen) atoms. The van der Waals surface area contributed by atoms with Gasteiger partial charge < -0.3 is 0 Å². The lowest BCUT2D eigenvalue weighted by atomic mass is 9.92. The fraction of sp³-hybridized carbons (Fsp3) is 0. The van der Waals surface area contributed by atoms with E-state index < -0.39 is 0 Å². The molecule has 8 rings (SSSR count). The Labute approximate surface area is 248 Å². The SMILES string of the molecule is Fc1ccc(-c2nc3ccccc3c3c2cc(-c2nc(-c4ccccc4)cc(-c4ccccc4)n2)c2ccccc23)cc1. The highest BCUT2D eigenvalue weighted by Crippen LogP contribution is 2.41. The zero-order chi connectivity index (χ0) is 28.8. The largest absolute Gasteiger partial charge is 0.247 e. The lowest BCUT2D eigenvalue weighted by molar-refractivity contribution is 0.628. The Hall–Kier alpha value is -5.74. The summed E-state index contributed by atoms with van der Waals surface area (Å²) in [7, 11) is 0. The van der Waals surface area contributed by atoms with Crippen molar-refractivity contribution >= 4 is 32.4 Å². The van der Waals surface area contributed by atoms with E-state index in [0.29, 0.717) is 5.82 Å². The Morgan fingerprint density at radius 3 is 1.63 bits per heavy atom. The monoisotopic (exact) mass is 553 g/mol. The molecule has 0 spiro atoms. The number of rotatable bonds is 4. The summed E-state index contributed by atoms with van der Waals surface area (Å²) >= 11 is 0. The maximum Gasteiger partial charge on any atom is 0.161 e.